The highest BCUT2D eigenvalue weighted by Crippen LogP contribution is 2.40. The van der Waals surface area contributed by atoms with Gasteiger partial charge in [0, 0.05) is 18.3 Å². The average Bonchev–Trinajstić information content (AvgIpc) is 2.42. The van der Waals surface area contributed by atoms with Gasteiger partial charge in [-0.05, 0) is 38.0 Å². The van der Waals surface area contributed by atoms with Gasteiger partial charge in [0.05, 0.1) is 5.60 Å². The van der Waals surface area contributed by atoms with Crippen molar-refractivity contribution in [3.05, 3.63) is 11.8 Å². The van der Waals surface area contributed by atoms with E-state index in [1.165, 1.54) is 0 Å². The predicted molar refractivity (Wildman–Crippen MR) is 80.3 cm³/mol. The number of nitrogen functional groups attached to an aromatic ring is 1. The van der Waals surface area contributed by atoms with Crippen LogP contribution in [0.3, 0.4) is 0 Å². The molecule has 0 aliphatic heterocycles. The highest BCUT2D eigenvalue weighted by atomic mass is 16.3. The Balaban J connectivity index is 1.98. The first kappa shape index (κ1) is 15.0. The van der Waals surface area contributed by atoms with E-state index < -0.39 is 5.60 Å². The Kier molecular flexibility index (Phi) is 4.15. The lowest BCUT2D eigenvalue weighted by atomic mass is 9.71. The van der Waals surface area contributed by atoms with Crippen molar-refractivity contribution in [2.45, 2.75) is 52.1 Å². The molecule has 112 valence electrons. The lowest BCUT2D eigenvalue weighted by molar-refractivity contribution is -0.0145. The van der Waals surface area contributed by atoms with E-state index in [1.54, 1.807) is 6.20 Å². The Morgan fingerprint density at radius 2 is 1.95 bits per heavy atom. The second-order valence-electron chi connectivity index (χ2n) is 6.61. The molecular formula is C14H25N5O. The molecule has 2 rings (SSSR count). The van der Waals surface area contributed by atoms with Crippen molar-refractivity contribution in [1.29, 1.82) is 0 Å². The van der Waals surface area contributed by atoms with Gasteiger partial charge in [-0.25, -0.2) is 10.8 Å². The maximum atomic E-state index is 10.6. The van der Waals surface area contributed by atoms with Crippen LogP contribution in [0.15, 0.2) is 6.20 Å². The van der Waals surface area contributed by atoms with Crippen LogP contribution in [0.25, 0.3) is 0 Å². The van der Waals surface area contributed by atoms with Gasteiger partial charge in [-0.2, -0.15) is 4.98 Å². The molecule has 0 aromatic carbocycles. The highest BCUT2D eigenvalue weighted by Gasteiger charge is 2.36. The van der Waals surface area contributed by atoms with Crippen LogP contribution in [0.1, 0.15) is 45.1 Å². The third-order valence-electron chi connectivity index (χ3n) is 4.22. The Morgan fingerprint density at radius 3 is 2.55 bits per heavy atom. The smallest absolute Gasteiger partial charge is 0.239 e. The van der Waals surface area contributed by atoms with Crippen LogP contribution in [0.5, 0.6) is 0 Å². The molecule has 1 aromatic heterocycles. The molecule has 5 N–H and O–H groups in total. The van der Waals surface area contributed by atoms with Crippen LogP contribution in [0.4, 0.5) is 11.8 Å². The Hall–Kier alpha value is -1.40. The fraction of sp³-hybridized carbons (Fsp3) is 0.714. The van der Waals surface area contributed by atoms with Crippen molar-refractivity contribution in [1.82, 2.24) is 9.97 Å². The predicted octanol–water partition coefficient (Wildman–Crippen LogP) is 1.81. The minimum atomic E-state index is -0.650. The summed E-state index contributed by atoms with van der Waals surface area (Å²) in [5.74, 6) is 6.40. The lowest BCUT2D eigenvalue weighted by Gasteiger charge is -2.40. The fourth-order valence-corrected chi connectivity index (χ4v) is 2.51. The molecule has 0 spiro atoms. The van der Waals surface area contributed by atoms with E-state index in [9.17, 15) is 5.11 Å². The first-order valence-electron chi connectivity index (χ1n) is 7.10. The van der Waals surface area contributed by atoms with Crippen molar-refractivity contribution < 1.29 is 5.11 Å². The van der Waals surface area contributed by atoms with Crippen molar-refractivity contribution in [3.63, 3.8) is 0 Å². The van der Waals surface area contributed by atoms with E-state index in [-0.39, 0.29) is 0 Å². The zero-order valence-electron chi connectivity index (χ0n) is 12.5. The van der Waals surface area contributed by atoms with E-state index in [2.05, 4.69) is 34.6 Å². The molecule has 0 bridgehead atoms. The molecule has 0 amide bonds. The number of aromatic nitrogens is 2. The molecule has 6 nitrogen and oxygen atoms in total. The van der Waals surface area contributed by atoms with E-state index in [0.717, 1.165) is 31.2 Å². The molecule has 20 heavy (non-hydrogen) atoms. The number of anilines is 2. The standard InChI is InChI=1S/C14H25N5O/c1-10-8-16-12(19-15)18-11(10)17-9-14(20)6-4-13(2,3)5-7-14/h8,20H,4-7,9,15H2,1-3H3,(H2,16,17,18,19). The number of nitrogens with two attached hydrogens (primary N) is 1. The van der Waals surface area contributed by atoms with E-state index in [4.69, 9.17) is 5.84 Å². The van der Waals surface area contributed by atoms with E-state index in [0.29, 0.717) is 23.7 Å². The number of nitrogens with zero attached hydrogens (tertiary/aromatic N) is 2. The van der Waals surface area contributed by atoms with Gasteiger partial charge in [-0.15, -0.1) is 0 Å². The van der Waals surface area contributed by atoms with Crippen molar-refractivity contribution in [2.75, 3.05) is 17.3 Å². The van der Waals surface area contributed by atoms with E-state index >= 15 is 0 Å². The Labute approximate surface area is 120 Å². The summed E-state index contributed by atoms with van der Waals surface area (Å²) in [7, 11) is 0. The number of aliphatic hydroxyl groups is 1. The molecule has 1 aliphatic carbocycles. The van der Waals surface area contributed by atoms with Gasteiger partial charge < -0.3 is 10.4 Å². The number of rotatable bonds is 4. The quantitative estimate of drug-likeness (QED) is 0.496. The van der Waals surface area contributed by atoms with Crippen molar-refractivity contribution in [2.24, 2.45) is 11.3 Å². The molecule has 6 heteroatoms. The molecule has 0 atom stereocenters. The topological polar surface area (TPSA) is 96.1 Å². The summed E-state index contributed by atoms with van der Waals surface area (Å²) in [4.78, 5) is 8.30. The van der Waals surface area contributed by atoms with Gasteiger partial charge in [0.25, 0.3) is 0 Å². The third kappa shape index (κ3) is 3.58. The number of hydrogen-bond acceptors (Lipinski definition) is 6. The number of hydrazine groups is 1. The number of aryl methyl sites for hydroxylation is 1. The van der Waals surface area contributed by atoms with Crippen molar-refractivity contribution in [3.8, 4) is 0 Å². The second-order valence-corrected chi connectivity index (χ2v) is 6.61. The summed E-state index contributed by atoms with van der Waals surface area (Å²) in [5.41, 5.74) is 3.05. The monoisotopic (exact) mass is 279 g/mol. The van der Waals surface area contributed by atoms with Gasteiger partial charge in [0.1, 0.15) is 5.82 Å². The summed E-state index contributed by atoms with van der Waals surface area (Å²) >= 11 is 0. The molecule has 1 aliphatic rings. The summed E-state index contributed by atoms with van der Waals surface area (Å²) < 4.78 is 0. The van der Waals surface area contributed by atoms with Crippen LogP contribution >= 0.6 is 0 Å². The second kappa shape index (κ2) is 5.54. The van der Waals surface area contributed by atoms with Gasteiger partial charge in [0.2, 0.25) is 5.95 Å². The molecule has 0 radical (unpaired) electrons. The highest BCUT2D eigenvalue weighted by molar-refractivity contribution is 5.46. The fourth-order valence-electron chi connectivity index (χ4n) is 2.51. The Bertz CT molecular complexity index is 465. The van der Waals surface area contributed by atoms with E-state index in [1.807, 2.05) is 6.92 Å². The van der Waals surface area contributed by atoms with Gasteiger partial charge in [0.15, 0.2) is 0 Å². The first-order valence-corrected chi connectivity index (χ1v) is 7.10. The largest absolute Gasteiger partial charge is 0.388 e. The SMILES string of the molecule is Cc1cnc(NN)nc1NCC1(O)CCC(C)(C)CC1. The van der Waals surface area contributed by atoms with Crippen molar-refractivity contribution >= 4 is 11.8 Å². The van der Waals surface area contributed by atoms with Gasteiger partial charge in [-0.3, -0.25) is 5.43 Å². The van der Waals surface area contributed by atoms with Crippen LogP contribution in [0.2, 0.25) is 0 Å². The number of hydrogen-bond donors (Lipinski definition) is 4. The minimum absolute atomic E-state index is 0.341. The van der Waals surface area contributed by atoms with Crippen LogP contribution in [-0.2, 0) is 0 Å². The lowest BCUT2D eigenvalue weighted by Crippen LogP contribution is -2.42. The summed E-state index contributed by atoms with van der Waals surface area (Å²) in [5, 5.41) is 13.9. The minimum Gasteiger partial charge on any atom is -0.388 e. The van der Waals surface area contributed by atoms with Crippen LogP contribution < -0.4 is 16.6 Å². The summed E-state index contributed by atoms with van der Waals surface area (Å²) in [6.45, 7) is 6.95. The average molecular weight is 279 g/mol. The molecule has 1 fully saturated rings. The summed E-state index contributed by atoms with van der Waals surface area (Å²) in [6.07, 6.45) is 5.43. The maximum absolute atomic E-state index is 10.6. The molecule has 1 aromatic rings. The Morgan fingerprint density at radius 1 is 1.30 bits per heavy atom. The molecular weight excluding hydrogens is 254 g/mol. The van der Waals surface area contributed by atoms with Gasteiger partial charge >= 0.3 is 0 Å². The normalized spacial score (nSPS) is 20.4. The molecule has 0 saturated heterocycles. The summed E-state index contributed by atoms with van der Waals surface area (Å²) in [6, 6.07) is 0. The molecule has 1 heterocycles. The van der Waals surface area contributed by atoms with Gasteiger partial charge in [-0.1, -0.05) is 13.8 Å². The molecule has 1 saturated carbocycles. The first-order chi connectivity index (χ1) is 9.34. The number of nitrogens with one attached hydrogen (secondary N) is 2. The zero-order valence-corrected chi connectivity index (χ0v) is 12.5. The van der Waals surface area contributed by atoms with Crippen LogP contribution in [-0.4, -0.2) is 27.2 Å². The third-order valence-corrected chi connectivity index (χ3v) is 4.22. The zero-order chi connectivity index (χ0) is 14.8. The maximum Gasteiger partial charge on any atom is 0.239 e. The molecule has 0 unspecified atom stereocenters. The van der Waals surface area contributed by atoms with Crippen LogP contribution in [0, 0.1) is 12.3 Å².